The Morgan fingerprint density at radius 1 is 1.19 bits per heavy atom. The number of hydrogen-bond donors (Lipinski definition) is 0. The molecule has 0 aromatic carbocycles. The third-order valence-corrected chi connectivity index (χ3v) is 6.25. The Hall–Kier alpha value is 0.300. The minimum absolute atomic E-state index is 0.287. The van der Waals surface area contributed by atoms with E-state index in [1.54, 1.807) is 0 Å². The summed E-state index contributed by atoms with van der Waals surface area (Å²) >= 11 is 5.60. The maximum absolute atomic E-state index is 12.5. The number of carbonyl (C=O) groups is 1. The van der Waals surface area contributed by atoms with E-state index in [0.717, 1.165) is 6.42 Å². The van der Waals surface area contributed by atoms with E-state index in [0.29, 0.717) is 22.8 Å². The van der Waals surface area contributed by atoms with E-state index in [1.807, 2.05) is 11.8 Å². The van der Waals surface area contributed by atoms with E-state index in [4.69, 9.17) is 0 Å². The molecule has 3 rings (SSSR count). The molecule has 3 aliphatic rings. The molecule has 90 valence electrons. The van der Waals surface area contributed by atoms with Crippen LogP contribution in [0.25, 0.3) is 0 Å². The molecule has 16 heavy (non-hydrogen) atoms. The number of piperidine rings is 1. The molecule has 3 fully saturated rings. The van der Waals surface area contributed by atoms with Crippen molar-refractivity contribution in [2.24, 2.45) is 0 Å². The van der Waals surface area contributed by atoms with Gasteiger partial charge in [0.25, 0.3) is 0 Å². The third-order valence-electron chi connectivity index (χ3n) is 4.14. The third kappa shape index (κ3) is 1.92. The van der Waals surface area contributed by atoms with Gasteiger partial charge < -0.3 is 4.90 Å². The molecule has 2 bridgehead atoms. The van der Waals surface area contributed by atoms with Crippen LogP contribution in [0.5, 0.6) is 0 Å². The molecule has 3 atom stereocenters. The first-order valence-electron chi connectivity index (χ1n) is 6.33. The van der Waals surface area contributed by atoms with Gasteiger partial charge in [0.05, 0.1) is 5.25 Å². The predicted octanol–water partition coefficient (Wildman–Crippen LogP) is 2.80. The maximum atomic E-state index is 12.5. The highest BCUT2D eigenvalue weighted by Crippen LogP contribution is 2.40. The van der Waals surface area contributed by atoms with Crippen molar-refractivity contribution in [1.82, 2.24) is 4.90 Å². The van der Waals surface area contributed by atoms with Gasteiger partial charge in [0, 0.05) is 16.9 Å². The second-order valence-corrected chi connectivity index (χ2v) is 7.81. The molecular formula is C12H18BrNOS. The lowest BCUT2D eigenvalue weighted by Gasteiger charge is -2.38. The van der Waals surface area contributed by atoms with Gasteiger partial charge in [-0.15, -0.1) is 11.8 Å². The van der Waals surface area contributed by atoms with Crippen LogP contribution in [0.1, 0.15) is 38.5 Å². The number of fused-ring (bicyclic) bond motifs is 2. The molecule has 0 aliphatic carbocycles. The first-order valence-corrected chi connectivity index (χ1v) is 8.30. The van der Waals surface area contributed by atoms with Gasteiger partial charge in [-0.05, 0) is 44.3 Å². The van der Waals surface area contributed by atoms with E-state index in [2.05, 4.69) is 20.8 Å². The number of rotatable bonds is 1. The zero-order valence-electron chi connectivity index (χ0n) is 9.40. The highest BCUT2D eigenvalue weighted by atomic mass is 79.9. The largest absolute Gasteiger partial charge is 0.336 e. The van der Waals surface area contributed by atoms with Crippen molar-refractivity contribution in [2.45, 2.75) is 60.7 Å². The summed E-state index contributed by atoms with van der Waals surface area (Å²) in [5, 5.41) is 0.287. The molecule has 3 aliphatic heterocycles. The van der Waals surface area contributed by atoms with E-state index in [-0.39, 0.29) is 5.25 Å². The van der Waals surface area contributed by atoms with Gasteiger partial charge in [-0.3, -0.25) is 4.79 Å². The standard InChI is InChI=1S/C12H18BrNOS/c13-8-6-9-3-4-10(7-8)14(9)12(15)11-2-1-5-16-11/h8-11H,1-7H2. The van der Waals surface area contributed by atoms with Crippen molar-refractivity contribution in [3.8, 4) is 0 Å². The Bertz CT molecular complexity index is 279. The van der Waals surface area contributed by atoms with Gasteiger partial charge in [-0.25, -0.2) is 0 Å². The molecule has 0 spiro atoms. The van der Waals surface area contributed by atoms with E-state index in [1.165, 1.54) is 37.9 Å². The van der Waals surface area contributed by atoms with Crippen LogP contribution < -0.4 is 0 Å². The summed E-state index contributed by atoms with van der Waals surface area (Å²) in [5.41, 5.74) is 0. The summed E-state index contributed by atoms with van der Waals surface area (Å²) in [6, 6.07) is 1.08. The average Bonchev–Trinajstić information content (AvgIpc) is 2.85. The van der Waals surface area contributed by atoms with Crippen molar-refractivity contribution in [3.63, 3.8) is 0 Å². The summed E-state index contributed by atoms with van der Waals surface area (Å²) < 4.78 is 0. The first kappa shape index (κ1) is 11.4. The summed E-state index contributed by atoms with van der Waals surface area (Å²) in [6.45, 7) is 0. The summed E-state index contributed by atoms with van der Waals surface area (Å²) in [6.07, 6.45) is 7.13. The molecular weight excluding hydrogens is 286 g/mol. The molecule has 3 heterocycles. The highest BCUT2D eigenvalue weighted by Gasteiger charge is 2.44. The summed E-state index contributed by atoms with van der Waals surface area (Å²) in [4.78, 5) is 15.4. The monoisotopic (exact) mass is 303 g/mol. The number of thioether (sulfide) groups is 1. The fourth-order valence-corrected chi connectivity index (χ4v) is 5.49. The highest BCUT2D eigenvalue weighted by molar-refractivity contribution is 9.09. The minimum Gasteiger partial charge on any atom is -0.336 e. The van der Waals surface area contributed by atoms with Crippen molar-refractivity contribution >= 4 is 33.6 Å². The number of amides is 1. The number of carbonyl (C=O) groups excluding carboxylic acids is 1. The van der Waals surface area contributed by atoms with Crippen molar-refractivity contribution in [1.29, 1.82) is 0 Å². The number of hydrogen-bond acceptors (Lipinski definition) is 2. The topological polar surface area (TPSA) is 20.3 Å². The SMILES string of the molecule is O=C(C1CCCS1)N1C2CCC1CC(Br)C2. The predicted molar refractivity (Wildman–Crippen MR) is 71.1 cm³/mol. The maximum Gasteiger partial charge on any atom is 0.236 e. The zero-order valence-corrected chi connectivity index (χ0v) is 11.8. The van der Waals surface area contributed by atoms with E-state index < -0.39 is 0 Å². The summed E-state index contributed by atoms with van der Waals surface area (Å²) in [5.74, 6) is 1.63. The minimum atomic E-state index is 0.287. The molecule has 0 aromatic rings. The molecule has 0 aromatic heterocycles. The van der Waals surface area contributed by atoms with Gasteiger partial charge in [0.2, 0.25) is 5.91 Å². The number of alkyl halides is 1. The number of halogens is 1. The number of nitrogens with zero attached hydrogens (tertiary/aromatic N) is 1. The van der Waals surface area contributed by atoms with Crippen LogP contribution in [0.4, 0.5) is 0 Å². The molecule has 4 heteroatoms. The van der Waals surface area contributed by atoms with Crippen LogP contribution >= 0.6 is 27.7 Å². The van der Waals surface area contributed by atoms with Crippen LogP contribution in [-0.2, 0) is 4.79 Å². The van der Waals surface area contributed by atoms with Crippen LogP contribution in [0.15, 0.2) is 0 Å². The lowest BCUT2D eigenvalue weighted by molar-refractivity contribution is -0.134. The molecule has 0 radical (unpaired) electrons. The second-order valence-electron chi connectivity index (χ2n) is 5.20. The van der Waals surface area contributed by atoms with Crippen LogP contribution in [0.2, 0.25) is 0 Å². The van der Waals surface area contributed by atoms with Crippen molar-refractivity contribution in [2.75, 3.05) is 5.75 Å². The fourth-order valence-electron chi connectivity index (χ4n) is 3.41. The molecule has 0 saturated carbocycles. The van der Waals surface area contributed by atoms with Crippen LogP contribution in [-0.4, -0.2) is 38.7 Å². The molecule has 3 saturated heterocycles. The van der Waals surface area contributed by atoms with E-state index in [9.17, 15) is 4.79 Å². The Kier molecular flexibility index (Phi) is 3.22. The van der Waals surface area contributed by atoms with Crippen LogP contribution in [0, 0.1) is 0 Å². The molecule has 0 N–H and O–H groups in total. The second kappa shape index (κ2) is 4.52. The van der Waals surface area contributed by atoms with Gasteiger partial charge >= 0.3 is 0 Å². The van der Waals surface area contributed by atoms with E-state index >= 15 is 0 Å². The smallest absolute Gasteiger partial charge is 0.236 e. The first-order chi connectivity index (χ1) is 7.75. The van der Waals surface area contributed by atoms with Crippen molar-refractivity contribution < 1.29 is 4.79 Å². The Labute approximate surface area is 110 Å². The molecule has 2 nitrogen and oxygen atoms in total. The summed E-state index contributed by atoms with van der Waals surface area (Å²) in [7, 11) is 0. The van der Waals surface area contributed by atoms with Gasteiger partial charge in [0.1, 0.15) is 0 Å². The van der Waals surface area contributed by atoms with Crippen molar-refractivity contribution in [3.05, 3.63) is 0 Å². The van der Waals surface area contributed by atoms with Gasteiger partial charge in [-0.1, -0.05) is 15.9 Å². The quantitative estimate of drug-likeness (QED) is 0.694. The molecule has 1 amide bonds. The Morgan fingerprint density at radius 2 is 1.88 bits per heavy atom. The lowest BCUT2D eigenvalue weighted by Crippen LogP contribution is -2.49. The lowest BCUT2D eigenvalue weighted by atomic mass is 10.0. The Balaban J connectivity index is 1.72. The molecule has 3 unspecified atom stereocenters. The normalized spacial score (nSPS) is 42.7. The van der Waals surface area contributed by atoms with Gasteiger partial charge in [0.15, 0.2) is 0 Å². The zero-order chi connectivity index (χ0) is 11.1. The van der Waals surface area contributed by atoms with Gasteiger partial charge in [-0.2, -0.15) is 0 Å². The fraction of sp³-hybridized carbons (Fsp3) is 0.917. The average molecular weight is 304 g/mol. The van der Waals surface area contributed by atoms with Crippen LogP contribution in [0.3, 0.4) is 0 Å². The Morgan fingerprint density at radius 3 is 2.44 bits per heavy atom.